The molecule has 1 atom stereocenters. The number of anilines is 1. The van der Waals surface area contributed by atoms with Crippen molar-refractivity contribution >= 4 is 11.7 Å². The average Bonchev–Trinajstić information content (AvgIpc) is 2.30. The van der Waals surface area contributed by atoms with Crippen molar-refractivity contribution in [1.82, 2.24) is 0 Å². The summed E-state index contributed by atoms with van der Waals surface area (Å²) >= 11 is 0. The fraction of sp³-hybridized carbons (Fsp3) is 0.500. The van der Waals surface area contributed by atoms with Gasteiger partial charge in [0.05, 0.1) is 6.61 Å². The van der Waals surface area contributed by atoms with Crippen LogP contribution in [0.5, 0.6) is 0 Å². The van der Waals surface area contributed by atoms with Gasteiger partial charge in [0, 0.05) is 5.69 Å². The Hall–Kier alpha value is -1.51. The van der Waals surface area contributed by atoms with Gasteiger partial charge in [-0.25, -0.2) is 4.79 Å². The molecule has 0 radical (unpaired) electrons. The smallest absolute Gasteiger partial charge is 0.328 e. The van der Waals surface area contributed by atoms with E-state index in [0.717, 1.165) is 5.69 Å². The van der Waals surface area contributed by atoms with Crippen molar-refractivity contribution in [3.63, 3.8) is 0 Å². The molecular weight excluding hydrogens is 214 g/mol. The van der Waals surface area contributed by atoms with E-state index in [1.54, 1.807) is 6.92 Å². The van der Waals surface area contributed by atoms with Crippen LogP contribution in [0, 0.1) is 0 Å². The van der Waals surface area contributed by atoms with Crippen molar-refractivity contribution in [3.8, 4) is 0 Å². The summed E-state index contributed by atoms with van der Waals surface area (Å²) in [6.07, 6.45) is 0. The lowest BCUT2D eigenvalue weighted by Crippen LogP contribution is -2.28. The van der Waals surface area contributed by atoms with E-state index in [1.165, 1.54) is 5.56 Å². The summed E-state index contributed by atoms with van der Waals surface area (Å²) in [5.41, 5.74) is 2.23. The Kier molecular flexibility index (Phi) is 5.01. The number of nitrogens with one attached hydrogen (secondary N) is 1. The molecular formula is C14H21NO2. The summed E-state index contributed by atoms with van der Waals surface area (Å²) in [6.45, 7) is 8.33. The van der Waals surface area contributed by atoms with Crippen molar-refractivity contribution in [2.75, 3.05) is 11.9 Å². The molecule has 0 aliphatic carbocycles. The molecule has 0 bridgehead atoms. The molecule has 3 heteroatoms. The van der Waals surface area contributed by atoms with Crippen molar-refractivity contribution < 1.29 is 9.53 Å². The number of esters is 1. The fourth-order valence-corrected chi connectivity index (χ4v) is 1.54. The molecule has 0 aliphatic rings. The molecule has 1 rings (SSSR count). The molecule has 3 nitrogen and oxygen atoms in total. The highest BCUT2D eigenvalue weighted by atomic mass is 16.5. The van der Waals surface area contributed by atoms with Crippen LogP contribution >= 0.6 is 0 Å². The monoisotopic (exact) mass is 235 g/mol. The molecule has 94 valence electrons. The fourth-order valence-electron chi connectivity index (χ4n) is 1.54. The Balaban J connectivity index is 2.60. The first-order chi connectivity index (χ1) is 8.04. The van der Waals surface area contributed by atoms with Gasteiger partial charge in [-0.3, -0.25) is 0 Å². The number of rotatable bonds is 5. The molecule has 1 unspecified atom stereocenters. The normalized spacial score (nSPS) is 12.3. The second-order valence-corrected chi connectivity index (χ2v) is 4.39. The average molecular weight is 235 g/mol. The summed E-state index contributed by atoms with van der Waals surface area (Å²) in [4.78, 5) is 11.4. The SMILES string of the molecule is CCOC(=O)C(C)Nc1ccc(C(C)C)cc1. The number of hydrogen-bond acceptors (Lipinski definition) is 3. The predicted molar refractivity (Wildman–Crippen MR) is 70.2 cm³/mol. The van der Waals surface area contributed by atoms with Gasteiger partial charge in [-0.15, -0.1) is 0 Å². The highest BCUT2D eigenvalue weighted by molar-refractivity contribution is 5.78. The zero-order valence-corrected chi connectivity index (χ0v) is 11.0. The lowest BCUT2D eigenvalue weighted by molar-refractivity contribution is -0.143. The Bertz CT molecular complexity index is 357. The van der Waals surface area contributed by atoms with Gasteiger partial charge in [0.1, 0.15) is 6.04 Å². The van der Waals surface area contributed by atoms with Gasteiger partial charge in [0.2, 0.25) is 0 Å². The zero-order chi connectivity index (χ0) is 12.8. The minimum atomic E-state index is -0.320. The van der Waals surface area contributed by atoms with E-state index >= 15 is 0 Å². The molecule has 17 heavy (non-hydrogen) atoms. The highest BCUT2D eigenvalue weighted by Crippen LogP contribution is 2.17. The summed E-state index contributed by atoms with van der Waals surface area (Å²) < 4.78 is 4.94. The van der Waals surface area contributed by atoms with E-state index < -0.39 is 0 Å². The molecule has 1 aromatic rings. The van der Waals surface area contributed by atoms with Crippen LogP contribution in [0.2, 0.25) is 0 Å². The molecule has 1 N–H and O–H groups in total. The largest absolute Gasteiger partial charge is 0.464 e. The first-order valence-electron chi connectivity index (χ1n) is 6.07. The third kappa shape index (κ3) is 4.10. The minimum Gasteiger partial charge on any atom is -0.464 e. The maximum atomic E-state index is 11.4. The Morgan fingerprint density at radius 2 is 1.82 bits per heavy atom. The molecule has 0 heterocycles. The topological polar surface area (TPSA) is 38.3 Å². The Morgan fingerprint density at radius 1 is 1.24 bits per heavy atom. The lowest BCUT2D eigenvalue weighted by atomic mass is 10.0. The van der Waals surface area contributed by atoms with E-state index in [-0.39, 0.29) is 12.0 Å². The van der Waals surface area contributed by atoms with Gasteiger partial charge in [-0.2, -0.15) is 0 Å². The highest BCUT2D eigenvalue weighted by Gasteiger charge is 2.13. The van der Waals surface area contributed by atoms with Gasteiger partial charge in [0.25, 0.3) is 0 Å². The quantitative estimate of drug-likeness (QED) is 0.797. The van der Waals surface area contributed by atoms with E-state index in [2.05, 4.69) is 31.3 Å². The number of benzene rings is 1. The number of carbonyl (C=O) groups is 1. The zero-order valence-electron chi connectivity index (χ0n) is 11.0. The molecule has 0 amide bonds. The maximum absolute atomic E-state index is 11.4. The molecule has 0 spiro atoms. The summed E-state index contributed by atoms with van der Waals surface area (Å²) in [5.74, 6) is 0.298. The molecule has 0 saturated carbocycles. The van der Waals surface area contributed by atoms with Crippen LogP contribution in [0.15, 0.2) is 24.3 Å². The van der Waals surface area contributed by atoms with Crippen LogP contribution in [-0.4, -0.2) is 18.6 Å². The van der Waals surface area contributed by atoms with Crippen LogP contribution in [0.4, 0.5) is 5.69 Å². The van der Waals surface area contributed by atoms with Gasteiger partial charge >= 0.3 is 5.97 Å². The summed E-state index contributed by atoms with van der Waals surface area (Å²) in [7, 11) is 0. The molecule has 0 aromatic heterocycles. The van der Waals surface area contributed by atoms with Gasteiger partial charge in [-0.1, -0.05) is 26.0 Å². The van der Waals surface area contributed by atoms with E-state index in [0.29, 0.717) is 12.5 Å². The predicted octanol–water partition coefficient (Wildman–Crippen LogP) is 3.17. The van der Waals surface area contributed by atoms with Crippen LogP contribution in [0.1, 0.15) is 39.2 Å². The second kappa shape index (κ2) is 6.28. The Morgan fingerprint density at radius 3 is 2.29 bits per heavy atom. The third-order valence-electron chi connectivity index (χ3n) is 2.60. The van der Waals surface area contributed by atoms with Crippen molar-refractivity contribution in [3.05, 3.63) is 29.8 Å². The van der Waals surface area contributed by atoms with E-state index in [9.17, 15) is 4.79 Å². The Labute approximate surface area is 103 Å². The first kappa shape index (κ1) is 13.6. The van der Waals surface area contributed by atoms with E-state index in [1.807, 2.05) is 19.1 Å². The van der Waals surface area contributed by atoms with E-state index in [4.69, 9.17) is 4.74 Å². The maximum Gasteiger partial charge on any atom is 0.328 e. The van der Waals surface area contributed by atoms with Gasteiger partial charge in [-0.05, 0) is 37.5 Å². The number of hydrogen-bond donors (Lipinski definition) is 1. The summed E-state index contributed by atoms with van der Waals surface area (Å²) in [5, 5.41) is 3.12. The molecule has 0 aliphatic heterocycles. The van der Waals surface area contributed by atoms with Gasteiger partial charge in [0.15, 0.2) is 0 Å². The van der Waals surface area contributed by atoms with Crippen molar-refractivity contribution in [2.24, 2.45) is 0 Å². The van der Waals surface area contributed by atoms with Crippen LogP contribution in [0.3, 0.4) is 0 Å². The molecule has 0 fully saturated rings. The van der Waals surface area contributed by atoms with Crippen LogP contribution < -0.4 is 5.32 Å². The lowest BCUT2D eigenvalue weighted by Gasteiger charge is -2.14. The van der Waals surface area contributed by atoms with Crippen molar-refractivity contribution in [1.29, 1.82) is 0 Å². The number of carbonyl (C=O) groups excluding carboxylic acids is 1. The van der Waals surface area contributed by atoms with Crippen molar-refractivity contribution in [2.45, 2.75) is 39.7 Å². The standard InChI is InChI=1S/C14H21NO2/c1-5-17-14(16)11(4)15-13-8-6-12(7-9-13)10(2)3/h6-11,15H,5H2,1-4H3. The third-order valence-corrected chi connectivity index (χ3v) is 2.60. The molecule has 1 aromatic carbocycles. The van der Waals surface area contributed by atoms with Gasteiger partial charge < -0.3 is 10.1 Å². The minimum absolute atomic E-state index is 0.222. The first-order valence-corrected chi connectivity index (χ1v) is 6.07. The van der Waals surface area contributed by atoms with Crippen LogP contribution in [-0.2, 0) is 9.53 Å². The van der Waals surface area contributed by atoms with Crippen LogP contribution in [0.25, 0.3) is 0 Å². The summed E-state index contributed by atoms with van der Waals surface area (Å²) in [6, 6.07) is 7.81. The number of ether oxygens (including phenoxy) is 1. The second-order valence-electron chi connectivity index (χ2n) is 4.39. The molecule has 0 saturated heterocycles.